The fraction of sp³-hybridized carbons (Fsp3) is 0.833. The van der Waals surface area contributed by atoms with Gasteiger partial charge in [-0.05, 0) is 63.8 Å². The Morgan fingerprint density at radius 2 is 1.69 bits per heavy atom. The molecule has 2 N–H and O–H groups in total. The van der Waals surface area contributed by atoms with Crippen molar-refractivity contribution < 1.29 is 13.9 Å². The van der Waals surface area contributed by atoms with E-state index in [1.165, 1.54) is 24.0 Å². The van der Waals surface area contributed by atoms with Gasteiger partial charge in [0.1, 0.15) is 6.17 Å². The molecule has 0 spiro atoms. The van der Waals surface area contributed by atoms with E-state index < -0.39 is 6.17 Å². The minimum absolute atomic E-state index is 0.187. The van der Waals surface area contributed by atoms with Crippen molar-refractivity contribution in [3.8, 4) is 0 Å². The number of rotatable bonds is 4. The minimum Gasteiger partial charge on any atom is -0.385 e. The Kier molecular flexibility index (Phi) is 16.5. The molecule has 29 heavy (non-hydrogen) atoms. The molecule has 0 saturated carbocycles. The van der Waals surface area contributed by atoms with Crippen molar-refractivity contribution in [2.24, 2.45) is 11.3 Å². The van der Waals surface area contributed by atoms with Gasteiger partial charge in [0.2, 0.25) is 0 Å². The van der Waals surface area contributed by atoms with Crippen molar-refractivity contribution in [1.82, 2.24) is 10.6 Å². The molecule has 2 fully saturated rings. The lowest BCUT2D eigenvalue weighted by Crippen LogP contribution is -2.32. The molecule has 2 atom stereocenters. The first-order valence-corrected chi connectivity index (χ1v) is 11.2. The van der Waals surface area contributed by atoms with Crippen LogP contribution in [0.15, 0.2) is 24.3 Å². The lowest BCUT2D eigenvalue weighted by atomic mass is 9.78. The van der Waals surface area contributed by atoms with Gasteiger partial charge in [0, 0.05) is 40.0 Å². The summed E-state index contributed by atoms with van der Waals surface area (Å²) >= 11 is 0. The third-order valence-corrected chi connectivity index (χ3v) is 5.12. The normalized spacial score (nSPS) is 25.2. The smallest absolute Gasteiger partial charge is 0.113 e. The fourth-order valence-electron chi connectivity index (χ4n) is 3.73. The highest BCUT2D eigenvalue weighted by molar-refractivity contribution is 5.11. The molecule has 2 aliphatic heterocycles. The van der Waals surface area contributed by atoms with E-state index in [-0.39, 0.29) is 5.41 Å². The van der Waals surface area contributed by atoms with Crippen LogP contribution in [-0.4, -0.2) is 59.3 Å². The highest BCUT2D eigenvalue weighted by Crippen LogP contribution is 2.33. The first-order valence-electron chi connectivity index (χ1n) is 11.2. The lowest BCUT2D eigenvalue weighted by Gasteiger charge is -2.33. The third-order valence-electron chi connectivity index (χ3n) is 5.12. The van der Waals surface area contributed by atoms with Crippen molar-refractivity contribution in [2.45, 2.75) is 66.0 Å². The number of ether oxygens (including phenoxy) is 2. The molecule has 2 rings (SSSR count). The summed E-state index contributed by atoms with van der Waals surface area (Å²) in [6.45, 7) is 22.4. The standard InChI is InChI=1S/C13H23NO.C8H16FN.C3H8O/c1-5-15-10-13(4)6-11(2)8-14-9-12(3)7-13;1-7-3-2-4-10-6-8(9)5-7;1-3-4-2/h14H,2-3,5-10H2,1,4H3;7-8,10H,2-6H2,1H3;3H2,1-2H3/t;7?,8-;/m.1./s1. The van der Waals surface area contributed by atoms with Gasteiger partial charge < -0.3 is 20.1 Å². The Labute approximate surface area is 179 Å². The second-order valence-electron chi connectivity index (χ2n) is 8.77. The van der Waals surface area contributed by atoms with E-state index in [0.29, 0.717) is 12.5 Å². The van der Waals surface area contributed by atoms with E-state index in [4.69, 9.17) is 4.74 Å². The average molecular weight is 415 g/mol. The Morgan fingerprint density at radius 3 is 2.21 bits per heavy atom. The summed E-state index contributed by atoms with van der Waals surface area (Å²) in [4.78, 5) is 0. The Hall–Kier alpha value is -0.750. The van der Waals surface area contributed by atoms with Crippen LogP contribution in [0, 0.1) is 11.3 Å². The van der Waals surface area contributed by atoms with E-state index in [0.717, 1.165) is 58.7 Å². The van der Waals surface area contributed by atoms with Gasteiger partial charge in [-0.15, -0.1) is 0 Å². The molecule has 0 bridgehead atoms. The van der Waals surface area contributed by atoms with Crippen molar-refractivity contribution in [1.29, 1.82) is 0 Å². The van der Waals surface area contributed by atoms with Crippen LogP contribution in [0.25, 0.3) is 0 Å². The molecule has 2 aliphatic rings. The number of alkyl halides is 1. The number of nitrogens with one attached hydrogen (secondary N) is 2. The maximum Gasteiger partial charge on any atom is 0.113 e. The molecule has 2 saturated heterocycles. The predicted octanol–water partition coefficient (Wildman–Crippen LogP) is 4.91. The number of hydrogen-bond acceptors (Lipinski definition) is 4. The van der Waals surface area contributed by atoms with Crippen molar-refractivity contribution in [3.63, 3.8) is 0 Å². The number of hydrogen-bond donors (Lipinski definition) is 2. The van der Waals surface area contributed by atoms with E-state index in [9.17, 15) is 4.39 Å². The molecule has 0 aromatic heterocycles. The molecule has 0 amide bonds. The number of methoxy groups -OCH3 is 1. The van der Waals surface area contributed by atoms with Crippen LogP contribution < -0.4 is 10.6 Å². The van der Waals surface area contributed by atoms with Gasteiger partial charge in [0.15, 0.2) is 0 Å². The van der Waals surface area contributed by atoms with Gasteiger partial charge in [-0.2, -0.15) is 0 Å². The van der Waals surface area contributed by atoms with Crippen LogP contribution in [0.1, 0.15) is 59.8 Å². The van der Waals surface area contributed by atoms with Crippen LogP contribution in [0.3, 0.4) is 0 Å². The summed E-state index contributed by atoms with van der Waals surface area (Å²) in [5.41, 5.74) is 2.72. The van der Waals surface area contributed by atoms with Crippen LogP contribution in [0.5, 0.6) is 0 Å². The van der Waals surface area contributed by atoms with Gasteiger partial charge >= 0.3 is 0 Å². The number of halogens is 1. The zero-order valence-electron chi connectivity index (χ0n) is 19.7. The molecule has 172 valence electrons. The topological polar surface area (TPSA) is 42.5 Å². The van der Waals surface area contributed by atoms with Gasteiger partial charge in [0.25, 0.3) is 0 Å². The van der Waals surface area contributed by atoms with Crippen molar-refractivity contribution in [2.75, 3.05) is 53.1 Å². The second-order valence-corrected chi connectivity index (χ2v) is 8.77. The van der Waals surface area contributed by atoms with Gasteiger partial charge in [-0.3, -0.25) is 0 Å². The van der Waals surface area contributed by atoms with Gasteiger partial charge in [0.05, 0.1) is 6.61 Å². The predicted molar refractivity (Wildman–Crippen MR) is 123 cm³/mol. The van der Waals surface area contributed by atoms with Crippen LogP contribution in [0.4, 0.5) is 4.39 Å². The molecule has 0 aromatic rings. The summed E-state index contributed by atoms with van der Waals surface area (Å²) in [7, 11) is 1.68. The fourth-order valence-corrected chi connectivity index (χ4v) is 3.73. The average Bonchev–Trinajstić information content (AvgIpc) is 2.64. The molecule has 5 heteroatoms. The summed E-state index contributed by atoms with van der Waals surface area (Å²) in [6.07, 6.45) is 4.56. The van der Waals surface area contributed by atoms with Crippen molar-refractivity contribution >= 4 is 0 Å². The Bertz CT molecular complexity index is 413. The molecule has 0 aliphatic carbocycles. The van der Waals surface area contributed by atoms with Gasteiger partial charge in [-0.25, -0.2) is 4.39 Å². The lowest BCUT2D eigenvalue weighted by molar-refractivity contribution is 0.0594. The van der Waals surface area contributed by atoms with Crippen LogP contribution in [-0.2, 0) is 9.47 Å². The zero-order chi connectivity index (χ0) is 22.1. The monoisotopic (exact) mass is 414 g/mol. The third kappa shape index (κ3) is 15.7. The highest BCUT2D eigenvalue weighted by Gasteiger charge is 2.27. The second kappa shape index (κ2) is 17.0. The Balaban J connectivity index is 0.000000481. The molecular formula is C24H47FN2O2. The first-order chi connectivity index (χ1) is 13.8. The zero-order valence-corrected chi connectivity index (χ0v) is 19.7. The van der Waals surface area contributed by atoms with Crippen LogP contribution >= 0.6 is 0 Å². The molecule has 1 unspecified atom stereocenters. The summed E-state index contributed by atoms with van der Waals surface area (Å²) < 4.78 is 22.9. The maximum absolute atomic E-state index is 12.8. The largest absolute Gasteiger partial charge is 0.385 e. The summed E-state index contributed by atoms with van der Waals surface area (Å²) in [6, 6.07) is 0. The molecular weight excluding hydrogens is 367 g/mol. The van der Waals surface area contributed by atoms with E-state index in [1.807, 2.05) is 13.8 Å². The molecule has 0 aromatic carbocycles. The van der Waals surface area contributed by atoms with E-state index >= 15 is 0 Å². The van der Waals surface area contributed by atoms with E-state index in [2.05, 4.69) is 42.4 Å². The van der Waals surface area contributed by atoms with Crippen molar-refractivity contribution in [3.05, 3.63) is 24.3 Å². The SMILES string of the molecule is C=C1CNCC(=C)CC(C)(COCC)C1.CC1CCCNC[C@H](F)C1.CCOC. The quantitative estimate of drug-likeness (QED) is 0.641. The molecule has 0 radical (unpaired) electrons. The first kappa shape index (κ1) is 28.2. The molecule has 2 heterocycles. The summed E-state index contributed by atoms with van der Waals surface area (Å²) in [5, 5.41) is 6.42. The minimum atomic E-state index is -0.615. The van der Waals surface area contributed by atoms with Crippen LogP contribution in [0.2, 0.25) is 0 Å². The van der Waals surface area contributed by atoms with Gasteiger partial charge in [-0.1, -0.05) is 38.2 Å². The van der Waals surface area contributed by atoms with E-state index in [1.54, 1.807) is 7.11 Å². The highest BCUT2D eigenvalue weighted by atomic mass is 19.1. The summed E-state index contributed by atoms with van der Waals surface area (Å²) in [5.74, 6) is 0.581. The molecule has 4 nitrogen and oxygen atoms in total. The Morgan fingerprint density at radius 1 is 1.10 bits per heavy atom. The maximum atomic E-state index is 12.8.